The molecule has 18 heavy (non-hydrogen) atoms. The molecule has 2 aromatic heterocycles. The van der Waals surface area contributed by atoms with Crippen molar-refractivity contribution in [2.24, 2.45) is 0 Å². The Bertz CT molecular complexity index is 532. The van der Waals surface area contributed by atoms with Gasteiger partial charge in [-0.3, -0.25) is 0 Å². The topological polar surface area (TPSA) is 119 Å². The summed E-state index contributed by atoms with van der Waals surface area (Å²) in [5.41, 5.74) is 6.86. The maximum absolute atomic E-state index is 8.77. The normalized spacial score (nSPS) is 13.3. The Morgan fingerprint density at radius 3 is 2.94 bits per heavy atom. The number of rotatable bonds is 5. The number of nitrogens with zero attached hydrogens (tertiary/aromatic N) is 4. The molecule has 2 aromatic rings. The summed E-state index contributed by atoms with van der Waals surface area (Å²) in [5.74, 6) is 0.335. The molecule has 0 aliphatic heterocycles. The molecule has 1 atom stereocenters. The average Bonchev–Trinajstić information content (AvgIpc) is 2.72. The molecule has 0 aliphatic carbocycles. The highest BCUT2D eigenvalue weighted by molar-refractivity contribution is 7.44. The zero-order chi connectivity index (χ0) is 13.1. The maximum atomic E-state index is 8.77. The number of aromatic nitrogens is 4. The second kappa shape index (κ2) is 5.53. The first-order chi connectivity index (χ1) is 8.58. The zero-order valence-electron chi connectivity index (χ0n) is 9.76. The predicted molar refractivity (Wildman–Crippen MR) is 66.5 cm³/mol. The van der Waals surface area contributed by atoms with E-state index in [4.69, 9.17) is 20.3 Å². The molecule has 0 aliphatic rings. The lowest BCUT2D eigenvalue weighted by molar-refractivity contribution is 0.0822. The van der Waals surface area contributed by atoms with Crippen molar-refractivity contribution in [2.45, 2.75) is 19.6 Å². The first-order valence-corrected chi connectivity index (χ1v) is 6.69. The lowest BCUT2D eigenvalue weighted by Gasteiger charge is -2.14. The van der Waals surface area contributed by atoms with E-state index in [1.165, 1.54) is 6.33 Å². The minimum Gasteiger partial charge on any atom is -0.382 e. The van der Waals surface area contributed by atoms with Crippen LogP contribution < -0.4 is 5.73 Å². The van der Waals surface area contributed by atoms with Crippen LogP contribution in [0.25, 0.3) is 11.2 Å². The SMILES string of the molecule is CC(Cn1cnc2c(N)ncnc21)OCP(O)O. The molecular weight excluding hydrogens is 257 g/mol. The highest BCUT2D eigenvalue weighted by atomic mass is 31.2. The lowest BCUT2D eigenvalue weighted by Crippen LogP contribution is -2.16. The van der Waals surface area contributed by atoms with Gasteiger partial charge in [-0.25, -0.2) is 15.0 Å². The van der Waals surface area contributed by atoms with Crippen LogP contribution in [0.4, 0.5) is 5.82 Å². The van der Waals surface area contributed by atoms with Gasteiger partial charge in [0.25, 0.3) is 0 Å². The molecule has 0 aromatic carbocycles. The number of nitrogen functional groups attached to an aromatic ring is 1. The van der Waals surface area contributed by atoms with Gasteiger partial charge in [-0.05, 0) is 6.92 Å². The first-order valence-electron chi connectivity index (χ1n) is 5.26. The van der Waals surface area contributed by atoms with E-state index in [2.05, 4.69) is 15.0 Å². The van der Waals surface area contributed by atoms with Crippen LogP contribution in [0.2, 0.25) is 0 Å². The molecule has 0 fully saturated rings. The number of hydrogen-bond donors (Lipinski definition) is 3. The van der Waals surface area contributed by atoms with Gasteiger partial charge >= 0.3 is 0 Å². The molecule has 98 valence electrons. The van der Waals surface area contributed by atoms with E-state index in [1.807, 2.05) is 6.92 Å². The van der Waals surface area contributed by atoms with Crippen molar-refractivity contribution in [1.82, 2.24) is 19.5 Å². The van der Waals surface area contributed by atoms with Crippen LogP contribution in [-0.4, -0.2) is 41.8 Å². The van der Waals surface area contributed by atoms with Gasteiger partial charge in [-0.1, -0.05) is 0 Å². The van der Waals surface area contributed by atoms with E-state index >= 15 is 0 Å². The van der Waals surface area contributed by atoms with Crippen molar-refractivity contribution < 1.29 is 14.5 Å². The molecule has 9 heteroatoms. The van der Waals surface area contributed by atoms with Crippen molar-refractivity contribution in [1.29, 1.82) is 0 Å². The third kappa shape index (κ3) is 2.91. The molecular formula is C9H14N5O3P. The van der Waals surface area contributed by atoms with Gasteiger partial charge in [-0.15, -0.1) is 0 Å². The summed E-state index contributed by atoms with van der Waals surface area (Å²) >= 11 is 0. The smallest absolute Gasteiger partial charge is 0.192 e. The Hall–Kier alpha value is -1.34. The highest BCUT2D eigenvalue weighted by Gasteiger charge is 2.11. The summed E-state index contributed by atoms with van der Waals surface area (Å²) < 4.78 is 7.05. The fraction of sp³-hybridized carbons (Fsp3) is 0.444. The average molecular weight is 271 g/mol. The van der Waals surface area contributed by atoms with E-state index in [-0.39, 0.29) is 12.5 Å². The van der Waals surface area contributed by atoms with E-state index in [1.54, 1.807) is 10.9 Å². The standard InChI is InChI=1S/C9H14N5O3P/c1-6(17-5-18(15)16)2-14-4-13-7-8(10)11-3-12-9(7)14/h3-4,6,15-16H,2,5H2,1H3,(H2,10,11,12). The molecule has 0 saturated carbocycles. The number of hydrogen-bond acceptors (Lipinski definition) is 7. The fourth-order valence-electron chi connectivity index (χ4n) is 1.56. The fourth-order valence-corrected chi connectivity index (χ4v) is 1.94. The van der Waals surface area contributed by atoms with Crippen LogP contribution >= 0.6 is 8.38 Å². The van der Waals surface area contributed by atoms with Crippen LogP contribution in [0.3, 0.4) is 0 Å². The van der Waals surface area contributed by atoms with E-state index < -0.39 is 8.38 Å². The second-order valence-corrected chi connectivity index (χ2v) is 4.81. The molecule has 0 amide bonds. The Morgan fingerprint density at radius 2 is 2.22 bits per heavy atom. The van der Waals surface area contributed by atoms with Gasteiger partial charge in [0.2, 0.25) is 0 Å². The molecule has 1 unspecified atom stereocenters. The maximum Gasteiger partial charge on any atom is 0.192 e. The minimum atomic E-state index is -2.03. The van der Waals surface area contributed by atoms with Crippen LogP contribution in [-0.2, 0) is 11.3 Å². The van der Waals surface area contributed by atoms with E-state index in [0.29, 0.717) is 23.5 Å². The number of nitrogens with two attached hydrogens (primary N) is 1. The molecule has 4 N–H and O–H groups in total. The second-order valence-electron chi connectivity index (χ2n) is 3.81. The summed E-state index contributed by atoms with van der Waals surface area (Å²) in [7, 11) is -2.03. The van der Waals surface area contributed by atoms with Gasteiger partial charge in [0.1, 0.15) is 18.2 Å². The Kier molecular flexibility index (Phi) is 4.03. The molecule has 8 nitrogen and oxygen atoms in total. The number of fused-ring (bicyclic) bond motifs is 1. The zero-order valence-corrected chi connectivity index (χ0v) is 10.7. The van der Waals surface area contributed by atoms with Crippen LogP contribution in [0, 0.1) is 0 Å². The molecule has 0 radical (unpaired) electrons. The Balaban J connectivity index is 2.10. The molecule has 2 heterocycles. The van der Waals surface area contributed by atoms with Gasteiger partial charge in [0.15, 0.2) is 19.8 Å². The van der Waals surface area contributed by atoms with Crippen LogP contribution in [0.5, 0.6) is 0 Å². The summed E-state index contributed by atoms with van der Waals surface area (Å²) in [6.45, 7) is 2.32. The molecule has 0 spiro atoms. The van der Waals surface area contributed by atoms with Crippen LogP contribution in [0.15, 0.2) is 12.7 Å². The third-order valence-corrected chi connectivity index (χ3v) is 2.74. The monoisotopic (exact) mass is 271 g/mol. The van der Waals surface area contributed by atoms with Gasteiger partial charge < -0.3 is 24.8 Å². The molecule has 2 rings (SSSR count). The van der Waals surface area contributed by atoms with Crippen molar-refractivity contribution in [3.8, 4) is 0 Å². The summed E-state index contributed by atoms with van der Waals surface area (Å²) in [5, 5.41) is 0. The van der Waals surface area contributed by atoms with Crippen molar-refractivity contribution in [3.05, 3.63) is 12.7 Å². The van der Waals surface area contributed by atoms with E-state index in [9.17, 15) is 0 Å². The third-order valence-electron chi connectivity index (χ3n) is 2.36. The number of anilines is 1. The quantitative estimate of drug-likeness (QED) is 0.658. The number of ether oxygens (including phenoxy) is 1. The molecule has 0 bridgehead atoms. The Morgan fingerprint density at radius 1 is 1.44 bits per heavy atom. The van der Waals surface area contributed by atoms with Crippen LogP contribution in [0.1, 0.15) is 6.92 Å². The summed E-state index contributed by atoms with van der Waals surface area (Å²) in [6.07, 6.45) is 2.72. The minimum absolute atomic E-state index is 0.0692. The number of imidazole rings is 1. The van der Waals surface area contributed by atoms with Gasteiger partial charge in [0, 0.05) is 0 Å². The lowest BCUT2D eigenvalue weighted by atomic mass is 10.4. The summed E-state index contributed by atoms with van der Waals surface area (Å²) in [4.78, 5) is 29.6. The van der Waals surface area contributed by atoms with Crippen molar-refractivity contribution >= 4 is 25.4 Å². The largest absolute Gasteiger partial charge is 0.382 e. The first kappa shape index (κ1) is 13.1. The predicted octanol–water partition coefficient (Wildman–Crippen LogP) is 0.0676. The highest BCUT2D eigenvalue weighted by Crippen LogP contribution is 2.23. The van der Waals surface area contributed by atoms with Crippen molar-refractivity contribution in [3.63, 3.8) is 0 Å². The summed E-state index contributed by atoms with van der Waals surface area (Å²) in [6, 6.07) is 0. The van der Waals surface area contributed by atoms with Crippen molar-refractivity contribution in [2.75, 3.05) is 12.1 Å². The van der Waals surface area contributed by atoms with Gasteiger partial charge in [-0.2, -0.15) is 0 Å². The molecule has 0 saturated heterocycles. The Labute approximate surface area is 104 Å². The van der Waals surface area contributed by atoms with Gasteiger partial charge in [0.05, 0.1) is 19.0 Å². The van der Waals surface area contributed by atoms with E-state index in [0.717, 1.165) is 0 Å².